The van der Waals surface area contributed by atoms with Crippen LogP contribution in [0, 0.1) is 0 Å². The lowest BCUT2D eigenvalue weighted by Crippen LogP contribution is -2.20. The molecule has 0 aliphatic carbocycles. The lowest BCUT2D eigenvalue weighted by molar-refractivity contribution is -0.380. The molecule has 104 valence electrons. The fraction of sp³-hybridized carbons (Fsp3) is 0.188. The van der Waals surface area contributed by atoms with Gasteiger partial charge in [0.05, 0.1) is 16.8 Å². The summed E-state index contributed by atoms with van der Waals surface area (Å²) in [5, 5.41) is 4.39. The van der Waals surface area contributed by atoms with Gasteiger partial charge in [-0.2, -0.15) is 0 Å². The maximum Gasteiger partial charge on any atom is 0.286 e. The molecular formula is C16H16N5+. The highest BCUT2D eigenvalue weighted by molar-refractivity contribution is 5.91. The predicted octanol–water partition coefficient (Wildman–Crippen LogP) is 1.82. The number of nitrogens with one attached hydrogen (secondary N) is 3. The molecule has 0 saturated heterocycles. The summed E-state index contributed by atoms with van der Waals surface area (Å²) in [6, 6.07) is 6.19. The van der Waals surface area contributed by atoms with Gasteiger partial charge in [0.1, 0.15) is 6.20 Å². The third-order valence-corrected chi connectivity index (χ3v) is 3.81. The molecule has 0 saturated carbocycles. The fourth-order valence-corrected chi connectivity index (χ4v) is 2.73. The molecule has 1 aliphatic heterocycles. The van der Waals surface area contributed by atoms with E-state index >= 15 is 0 Å². The third kappa shape index (κ3) is 2.21. The summed E-state index contributed by atoms with van der Waals surface area (Å²) in [4.78, 5) is 15.3. The van der Waals surface area contributed by atoms with E-state index in [9.17, 15) is 0 Å². The smallest absolute Gasteiger partial charge is 0.286 e. The Morgan fingerprint density at radius 2 is 2.14 bits per heavy atom. The van der Waals surface area contributed by atoms with Crippen LogP contribution in [-0.2, 0) is 0 Å². The second-order valence-corrected chi connectivity index (χ2v) is 5.13. The average molecular weight is 278 g/mol. The molecule has 5 heteroatoms. The van der Waals surface area contributed by atoms with E-state index in [1.54, 1.807) is 6.33 Å². The van der Waals surface area contributed by atoms with E-state index in [1.807, 2.05) is 18.5 Å². The van der Waals surface area contributed by atoms with Gasteiger partial charge < -0.3 is 10.3 Å². The Labute approximate surface area is 122 Å². The van der Waals surface area contributed by atoms with Crippen LogP contribution >= 0.6 is 0 Å². The molecule has 0 unspecified atom stereocenters. The summed E-state index contributed by atoms with van der Waals surface area (Å²) >= 11 is 0. The van der Waals surface area contributed by atoms with E-state index in [4.69, 9.17) is 4.98 Å². The van der Waals surface area contributed by atoms with Crippen molar-refractivity contribution in [1.82, 2.24) is 20.3 Å². The van der Waals surface area contributed by atoms with Gasteiger partial charge in [0.2, 0.25) is 0 Å². The zero-order valence-corrected chi connectivity index (χ0v) is 11.6. The second-order valence-electron chi connectivity index (χ2n) is 5.13. The van der Waals surface area contributed by atoms with Gasteiger partial charge in [-0.25, -0.2) is 9.97 Å². The Morgan fingerprint density at radius 3 is 3.05 bits per heavy atom. The van der Waals surface area contributed by atoms with Gasteiger partial charge in [-0.05, 0) is 35.7 Å². The minimum absolute atomic E-state index is 0.872. The zero-order valence-electron chi connectivity index (χ0n) is 11.6. The van der Waals surface area contributed by atoms with E-state index < -0.39 is 0 Å². The van der Waals surface area contributed by atoms with Gasteiger partial charge >= 0.3 is 0 Å². The van der Waals surface area contributed by atoms with E-state index in [0.29, 0.717) is 0 Å². The van der Waals surface area contributed by atoms with Crippen molar-refractivity contribution in [3.05, 3.63) is 48.7 Å². The SMILES string of the molecule is C1=C(c2cccc(-c3c[nH]c4nc[nH+]cc34)n2)CCNC1. The zero-order chi connectivity index (χ0) is 14.1. The molecule has 0 radical (unpaired) electrons. The predicted molar refractivity (Wildman–Crippen MR) is 81.3 cm³/mol. The molecule has 0 aromatic carbocycles. The molecule has 1 aliphatic rings. The lowest BCUT2D eigenvalue weighted by Gasteiger charge is -2.14. The van der Waals surface area contributed by atoms with Crippen LogP contribution in [0.4, 0.5) is 0 Å². The number of aromatic nitrogens is 4. The molecule has 3 aromatic rings. The summed E-state index contributed by atoms with van der Waals surface area (Å²) in [5.74, 6) is 0. The van der Waals surface area contributed by atoms with Crippen molar-refractivity contribution in [3.63, 3.8) is 0 Å². The molecule has 0 atom stereocenters. The minimum Gasteiger partial charge on any atom is -0.325 e. The Kier molecular flexibility index (Phi) is 2.97. The van der Waals surface area contributed by atoms with Gasteiger partial charge in [-0.1, -0.05) is 12.1 Å². The minimum atomic E-state index is 0.872. The molecule has 5 nitrogen and oxygen atoms in total. The molecule has 21 heavy (non-hydrogen) atoms. The number of pyridine rings is 1. The molecule has 3 aromatic heterocycles. The largest absolute Gasteiger partial charge is 0.325 e. The number of rotatable bonds is 2. The normalized spacial score (nSPS) is 15.1. The van der Waals surface area contributed by atoms with E-state index in [-0.39, 0.29) is 0 Å². The first kappa shape index (κ1) is 12.2. The van der Waals surface area contributed by atoms with Gasteiger partial charge in [0, 0.05) is 18.3 Å². The summed E-state index contributed by atoms with van der Waals surface area (Å²) in [7, 11) is 0. The highest BCUT2D eigenvalue weighted by Crippen LogP contribution is 2.27. The number of nitrogens with zero attached hydrogens (tertiary/aromatic N) is 2. The first-order valence-electron chi connectivity index (χ1n) is 7.12. The Hall–Kier alpha value is -2.53. The molecule has 0 bridgehead atoms. The van der Waals surface area contributed by atoms with Crippen LogP contribution in [0.3, 0.4) is 0 Å². The van der Waals surface area contributed by atoms with Crippen LogP contribution in [0.25, 0.3) is 27.9 Å². The van der Waals surface area contributed by atoms with Gasteiger partial charge in [0.25, 0.3) is 12.0 Å². The summed E-state index contributed by atoms with van der Waals surface area (Å²) in [6.45, 7) is 1.94. The van der Waals surface area contributed by atoms with E-state index in [2.05, 4.69) is 38.5 Å². The van der Waals surface area contributed by atoms with Crippen molar-refractivity contribution in [1.29, 1.82) is 0 Å². The Morgan fingerprint density at radius 1 is 1.19 bits per heavy atom. The summed E-state index contributed by atoms with van der Waals surface area (Å²) in [6.07, 6.45) is 8.84. The molecule has 3 N–H and O–H groups in total. The monoisotopic (exact) mass is 278 g/mol. The van der Waals surface area contributed by atoms with E-state index in [0.717, 1.165) is 47.5 Å². The number of hydrogen-bond acceptors (Lipinski definition) is 3. The maximum absolute atomic E-state index is 4.83. The fourth-order valence-electron chi connectivity index (χ4n) is 2.73. The van der Waals surface area contributed by atoms with Crippen molar-refractivity contribution in [2.75, 3.05) is 13.1 Å². The number of fused-ring (bicyclic) bond motifs is 1. The van der Waals surface area contributed by atoms with Crippen LogP contribution in [0.15, 0.2) is 43.0 Å². The summed E-state index contributed by atoms with van der Waals surface area (Å²) in [5.41, 5.74) is 5.30. The average Bonchev–Trinajstić information content (AvgIpc) is 3.00. The maximum atomic E-state index is 4.83. The highest BCUT2D eigenvalue weighted by atomic mass is 14.9. The number of aromatic amines is 2. The first-order valence-corrected chi connectivity index (χ1v) is 7.12. The molecule has 0 amide bonds. The molecule has 0 spiro atoms. The topological polar surface area (TPSA) is 67.7 Å². The number of hydrogen-bond donors (Lipinski definition) is 2. The van der Waals surface area contributed by atoms with Crippen LogP contribution in [0.2, 0.25) is 0 Å². The van der Waals surface area contributed by atoms with Crippen LogP contribution in [0.1, 0.15) is 12.1 Å². The first-order chi connectivity index (χ1) is 10.4. The van der Waals surface area contributed by atoms with Crippen LogP contribution < -0.4 is 10.3 Å². The molecule has 4 heterocycles. The van der Waals surface area contributed by atoms with Gasteiger partial charge in [-0.3, -0.25) is 0 Å². The standard InChI is InChI=1S/C16H15N5/c1-2-14(11-4-6-17-7-5-11)21-15(3-1)12-9-19-16-13(12)8-18-10-20-16/h1-4,8-10,17H,5-7H2,(H,18,19,20)/p+1. The van der Waals surface area contributed by atoms with Crippen molar-refractivity contribution in [2.24, 2.45) is 0 Å². The van der Waals surface area contributed by atoms with Gasteiger partial charge in [0.15, 0.2) is 0 Å². The Balaban J connectivity index is 1.80. The third-order valence-electron chi connectivity index (χ3n) is 3.81. The quantitative estimate of drug-likeness (QED) is 0.751. The van der Waals surface area contributed by atoms with Crippen molar-refractivity contribution in [3.8, 4) is 11.3 Å². The van der Waals surface area contributed by atoms with Crippen LogP contribution in [0.5, 0.6) is 0 Å². The lowest BCUT2D eigenvalue weighted by atomic mass is 10.0. The molecule has 0 fully saturated rings. The van der Waals surface area contributed by atoms with Crippen molar-refractivity contribution in [2.45, 2.75) is 6.42 Å². The van der Waals surface area contributed by atoms with Crippen molar-refractivity contribution < 1.29 is 4.98 Å². The molecule has 4 rings (SSSR count). The van der Waals surface area contributed by atoms with Gasteiger partial charge in [-0.15, -0.1) is 0 Å². The van der Waals surface area contributed by atoms with Crippen molar-refractivity contribution >= 4 is 16.6 Å². The van der Waals surface area contributed by atoms with E-state index in [1.165, 1.54) is 5.57 Å². The van der Waals surface area contributed by atoms with Crippen LogP contribution in [-0.4, -0.2) is 28.0 Å². The Bertz CT molecular complexity index is 818. The highest BCUT2D eigenvalue weighted by Gasteiger charge is 2.13. The molecular weight excluding hydrogens is 262 g/mol. The second kappa shape index (κ2) is 5.10. The summed E-state index contributed by atoms with van der Waals surface area (Å²) < 4.78 is 0. The number of H-pyrrole nitrogens is 2.